The van der Waals surface area contributed by atoms with Crippen molar-refractivity contribution in [2.45, 2.75) is 25.5 Å². The van der Waals surface area contributed by atoms with Gasteiger partial charge in [0.25, 0.3) is 0 Å². The number of piperidine rings is 1. The Labute approximate surface area is 94.2 Å². The number of hydrogen-bond acceptors (Lipinski definition) is 6. The van der Waals surface area contributed by atoms with Crippen LogP contribution < -0.4 is 0 Å². The Bertz CT molecular complexity index is 284. The summed E-state index contributed by atoms with van der Waals surface area (Å²) in [6, 6.07) is 0. The molecule has 1 aliphatic heterocycles. The molecule has 1 fully saturated rings. The zero-order chi connectivity index (χ0) is 11.2. The summed E-state index contributed by atoms with van der Waals surface area (Å²) in [5.41, 5.74) is 0. The quantitative estimate of drug-likeness (QED) is 0.766. The average Bonchev–Trinajstić information content (AvgIpc) is 2.81. The van der Waals surface area contributed by atoms with E-state index in [0.717, 1.165) is 38.3 Å². The fraction of sp³-hybridized carbons (Fsp3) is 0.800. The predicted molar refractivity (Wildman–Crippen MR) is 55.6 cm³/mol. The van der Waals surface area contributed by atoms with E-state index in [-0.39, 0.29) is 12.7 Å². The standard InChI is InChI=1S/C10H17N3O3/c14-5-6-15-9-1-3-13(4-2-9)7-10-11-8-16-12-10/h8-9,14H,1-7H2. The third-order valence-corrected chi connectivity index (χ3v) is 2.75. The smallest absolute Gasteiger partial charge is 0.213 e. The van der Waals surface area contributed by atoms with E-state index in [0.29, 0.717) is 6.61 Å². The molecule has 0 aliphatic carbocycles. The molecule has 0 spiro atoms. The zero-order valence-electron chi connectivity index (χ0n) is 9.21. The molecule has 2 rings (SSSR count). The predicted octanol–water partition coefficient (Wildman–Crippen LogP) is 0.0429. The Morgan fingerprint density at radius 2 is 2.31 bits per heavy atom. The number of aromatic nitrogens is 2. The lowest BCUT2D eigenvalue weighted by molar-refractivity contribution is -0.00946. The Kier molecular flexibility index (Phi) is 4.26. The number of nitrogens with zero attached hydrogens (tertiary/aromatic N) is 3. The van der Waals surface area contributed by atoms with Gasteiger partial charge in [0.2, 0.25) is 6.39 Å². The Morgan fingerprint density at radius 3 is 2.94 bits per heavy atom. The van der Waals surface area contributed by atoms with Crippen LogP contribution in [0, 0.1) is 0 Å². The van der Waals surface area contributed by atoms with Gasteiger partial charge in [-0.15, -0.1) is 0 Å². The van der Waals surface area contributed by atoms with Gasteiger partial charge in [-0.25, -0.2) is 0 Å². The molecule has 16 heavy (non-hydrogen) atoms. The van der Waals surface area contributed by atoms with Gasteiger partial charge >= 0.3 is 0 Å². The minimum atomic E-state index is 0.100. The van der Waals surface area contributed by atoms with Crippen molar-refractivity contribution in [1.82, 2.24) is 15.0 Å². The first-order valence-corrected chi connectivity index (χ1v) is 5.58. The summed E-state index contributed by atoms with van der Waals surface area (Å²) in [6.45, 7) is 3.23. The van der Waals surface area contributed by atoms with Crippen LogP contribution >= 0.6 is 0 Å². The molecule has 0 aromatic carbocycles. The van der Waals surface area contributed by atoms with Crippen molar-refractivity contribution >= 4 is 0 Å². The molecule has 0 saturated carbocycles. The van der Waals surface area contributed by atoms with Crippen LogP contribution in [0.2, 0.25) is 0 Å². The molecule has 0 amide bonds. The second kappa shape index (κ2) is 5.93. The summed E-state index contributed by atoms with van der Waals surface area (Å²) in [5, 5.41) is 12.4. The number of hydrogen-bond donors (Lipinski definition) is 1. The van der Waals surface area contributed by atoms with Crippen molar-refractivity contribution in [2.24, 2.45) is 0 Å². The van der Waals surface area contributed by atoms with Crippen molar-refractivity contribution < 1.29 is 14.4 Å². The number of ether oxygens (including phenoxy) is 1. The molecule has 2 heterocycles. The van der Waals surface area contributed by atoms with Crippen LogP contribution in [-0.4, -0.2) is 52.6 Å². The average molecular weight is 227 g/mol. The highest BCUT2D eigenvalue weighted by Crippen LogP contribution is 2.14. The minimum Gasteiger partial charge on any atom is -0.394 e. The van der Waals surface area contributed by atoms with Crippen LogP contribution in [0.4, 0.5) is 0 Å². The lowest BCUT2D eigenvalue weighted by Gasteiger charge is -2.30. The molecule has 1 aromatic rings. The van der Waals surface area contributed by atoms with Crippen LogP contribution in [-0.2, 0) is 11.3 Å². The van der Waals surface area contributed by atoms with Crippen LogP contribution in [0.25, 0.3) is 0 Å². The Morgan fingerprint density at radius 1 is 1.50 bits per heavy atom. The third-order valence-electron chi connectivity index (χ3n) is 2.75. The van der Waals surface area contributed by atoms with E-state index in [1.807, 2.05) is 0 Å². The summed E-state index contributed by atoms with van der Waals surface area (Å²) in [5.74, 6) is 0.731. The van der Waals surface area contributed by atoms with Gasteiger partial charge in [-0.2, -0.15) is 4.98 Å². The maximum Gasteiger partial charge on any atom is 0.213 e. The first-order valence-electron chi connectivity index (χ1n) is 5.58. The van der Waals surface area contributed by atoms with Crippen molar-refractivity contribution in [3.63, 3.8) is 0 Å². The van der Waals surface area contributed by atoms with Crippen molar-refractivity contribution in [1.29, 1.82) is 0 Å². The lowest BCUT2D eigenvalue weighted by atomic mass is 10.1. The first kappa shape index (κ1) is 11.5. The van der Waals surface area contributed by atoms with E-state index in [2.05, 4.69) is 15.0 Å². The molecule has 0 atom stereocenters. The van der Waals surface area contributed by atoms with Crippen molar-refractivity contribution in [2.75, 3.05) is 26.3 Å². The monoisotopic (exact) mass is 227 g/mol. The van der Waals surface area contributed by atoms with Gasteiger partial charge in [0.1, 0.15) is 0 Å². The summed E-state index contributed by atoms with van der Waals surface area (Å²) in [7, 11) is 0. The molecule has 6 heteroatoms. The highest BCUT2D eigenvalue weighted by Gasteiger charge is 2.20. The summed E-state index contributed by atoms with van der Waals surface area (Å²) >= 11 is 0. The molecule has 0 bridgehead atoms. The minimum absolute atomic E-state index is 0.100. The zero-order valence-corrected chi connectivity index (χ0v) is 9.21. The molecule has 0 radical (unpaired) electrons. The van der Waals surface area contributed by atoms with E-state index in [1.165, 1.54) is 6.39 Å². The third kappa shape index (κ3) is 3.26. The van der Waals surface area contributed by atoms with Gasteiger partial charge < -0.3 is 14.4 Å². The van der Waals surface area contributed by atoms with E-state index in [9.17, 15) is 0 Å². The topological polar surface area (TPSA) is 71.6 Å². The molecule has 1 aromatic heterocycles. The molecule has 1 N–H and O–H groups in total. The molecule has 90 valence electrons. The molecule has 1 saturated heterocycles. The molecule has 0 unspecified atom stereocenters. The summed E-state index contributed by atoms with van der Waals surface area (Å²) < 4.78 is 10.2. The van der Waals surface area contributed by atoms with Crippen LogP contribution in [0.1, 0.15) is 18.7 Å². The number of aliphatic hydroxyl groups is 1. The van der Waals surface area contributed by atoms with Gasteiger partial charge in [-0.3, -0.25) is 4.90 Å². The van der Waals surface area contributed by atoms with E-state index >= 15 is 0 Å². The summed E-state index contributed by atoms with van der Waals surface area (Å²) in [4.78, 5) is 6.28. The Hall–Kier alpha value is -0.980. The normalized spacial score (nSPS) is 19.1. The first-order chi connectivity index (χ1) is 7.88. The molecule has 1 aliphatic rings. The maximum atomic E-state index is 8.66. The maximum absolute atomic E-state index is 8.66. The van der Waals surface area contributed by atoms with Gasteiger partial charge in [0, 0.05) is 13.1 Å². The van der Waals surface area contributed by atoms with Gasteiger partial charge in [0.15, 0.2) is 5.82 Å². The second-order valence-electron chi connectivity index (χ2n) is 3.92. The molecule has 6 nitrogen and oxygen atoms in total. The SMILES string of the molecule is OCCOC1CCN(Cc2ncon2)CC1. The van der Waals surface area contributed by atoms with Crippen LogP contribution in [0.5, 0.6) is 0 Å². The van der Waals surface area contributed by atoms with E-state index in [1.54, 1.807) is 0 Å². The number of likely N-dealkylation sites (tertiary alicyclic amines) is 1. The van der Waals surface area contributed by atoms with Gasteiger partial charge in [-0.05, 0) is 12.8 Å². The van der Waals surface area contributed by atoms with Crippen LogP contribution in [0.15, 0.2) is 10.9 Å². The number of rotatable bonds is 5. The lowest BCUT2D eigenvalue weighted by Crippen LogP contribution is -2.37. The van der Waals surface area contributed by atoms with Gasteiger partial charge in [0.05, 0.1) is 25.9 Å². The van der Waals surface area contributed by atoms with Gasteiger partial charge in [-0.1, -0.05) is 5.16 Å². The number of aliphatic hydroxyl groups excluding tert-OH is 1. The van der Waals surface area contributed by atoms with Crippen molar-refractivity contribution in [3.8, 4) is 0 Å². The fourth-order valence-corrected chi connectivity index (χ4v) is 1.92. The molecular formula is C10H17N3O3. The summed E-state index contributed by atoms with van der Waals surface area (Å²) in [6.07, 6.45) is 3.64. The van der Waals surface area contributed by atoms with E-state index < -0.39 is 0 Å². The van der Waals surface area contributed by atoms with E-state index in [4.69, 9.17) is 14.4 Å². The second-order valence-corrected chi connectivity index (χ2v) is 3.92. The van der Waals surface area contributed by atoms with Crippen molar-refractivity contribution in [3.05, 3.63) is 12.2 Å². The fourth-order valence-electron chi connectivity index (χ4n) is 1.92. The Balaban J connectivity index is 1.69. The molecular weight excluding hydrogens is 210 g/mol. The largest absolute Gasteiger partial charge is 0.394 e. The highest BCUT2D eigenvalue weighted by atomic mass is 16.5. The highest BCUT2D eigenvalue weighted by molar-refractivity contribution is 4.81. The van der Waals surface area contributed by atoms with Crippen LogP contribution in [0.3, 0.4) is 0 Å².